The molecule has 1 aliphatic heterocycles. The molecule has 0 aromatic heterocycles. The largest absolute Gasteiger partial charge is 0.349 e. The summed E-state index contributed by atoms with van der Waals surface area (Å²) in [4.78, 5) is 2.07. The number of nitrogens with zero attached hydrogens (tertiary/aromatic N) is 1. The maximum atomic E-state index is 13.2. The number of likely N-dealkylation sites (tertiary alicyclic amines) is 1. The Bertz CT molecular complexity index is 678. The highest BCUT2D eigenvalue weighted by Gasteiger charge is 2.21. The van der Waals surface area contributed by atoms with Gasteiger partial charge in [0.05, 0.1) is 0 Å². The van der Waals surface area contributed by atoms with Gasteiger partial charge in [0, 0.05) is 24.8 Å². The molecule has 1 saturated heterocycles. The van der Waals surface area contributed by atoms with E-state index in [9.17, 15) is 8.78 Å². The second kappa shape index (κ2) is 7.71. The molecule has 2 aromatic carbocycles. The highest BCUT2D eigenvalue weighted by Crippen LogP contribution is 2.22. The standard InChI is InChI=1S/C19H20F2N2S/c20-16-11-17(21)13-18(12-16)22-19(24)23-8-6-15(7-9-23)10-14-4-2-1-3-5-14/h1-5,11-13,15H,6-10H2,(H,22,24). The van der Waals surface area contributed by atoms with Gasteiger partial charge < -0.3 is 10.2 Å². The number of rotatable bonds is 3. The summed E-state index contributed by atoms with van der Waals surface area (Å²) in [5, 5.41) is 3.46. The van der Waals surface area contributed by atoms with Crippen LogP contribution in [0, 0.1) is 17.6 Å². The van der Waals surface area contributed by atoms with Crippen LogP contribution in [0.15, 0.2) is 48.5 Å². The van der Waals surface area contributed by atoms with Crippen LogP contribution in [0.1, 0.15) is 18.4 Å². The highest BCUT2D eigenvalue weighted by atomic mass is 32.1. The minimum atomic E-state index is -0.609. The summed E-state index contributed by atoms with van der Waals surface area (Å²) in [5.74, 6) is -0.568. The zero-order valence-electron chi connectivity index (χ0n) is 13.3. The van der Waals surface area contributed by atoms with E-state index in [1.807, 2.05) is 6.07 Å². The van der Waals surface area contributed by atoms with E-state index in [2.05, 4.69) is 34.5 Å². The third-order valence-electron chi connectivity index (χ3n) is 4.38. The average molecular weight is 346 g/mol. The van der Waals surface area contributed by atoms with Gasteiger partial charge in [-0.3, -0.25) is 0 Å². The molecule has 0 radical (unpaired) electrons. The summed E-state index contributed by atoms with van der Waals surface area (Å²) in [7, 11) is 0. The molecule has 0 unspecified atom stereocenters. The number of thiocarbonyl (C=S) groups is 1. The topological polar surface area (TPSA) is 15.3 Å². The van der Waals surface area contributed by atoms with Crippen molar-refractivity contribution in [3.8, 4) is 0 Å². The van der Waals surface area contributed by atoms with Crippen LogP contribution in [0.3, 0.4) is 0 Å². The lowest BCUT2D eigenvalue weighted by molar-refractivity contribution is 0.268. The smallest absolute Gasteiger partial charge is 0.173 e. The molecule has 126 valence electrons. The van der Waals surface area contributed by atoms with Crippen molar-refractivity contribution in [3.63, 3.8) is 0 Å². The number of benzene rings is 2. The van der Waals surface area contributed by atoms with Gasteiger partial charge in [-0.1, -0.05) is 30.3 Å². The summed E-state index contributed by atoms with van der Waals surface area (Å²) in [6, 6.07) is 13.8. The van der Waals surface area contributed by atoms with E-state index < -0.39 is 11.6 Å². The summed E-state index contributed by atoms with van der Waals surface area (Å²) >= 11 is 5.38. The van der Waals surface area contributed by atoms with Gasteiger partial charge in [-0.15, -0.1) is 0 Å². The van der Waals surface area contributed by atoms with E-state index in [0.717, 1.165) is 38.4 Å². The fourth-order valence-electron chi connectivity index (χ4n) is 3.12. The van der Waals surface area contributed by atoms with E-state index in [0.29, 0.717) is 16.7 Å². The number of halogens is 2. The molecule has 0 amide bonds. The molecule has 1 aliphatic rings. The van der Waals surface area contributed by atoms with Gasteiger partial charge in [-0.25, -0.2) is 8.78 Å². The third kappa shape index (κ3) is 4.51. The minimum Gasteiger partial charge on any atom is -0.349 e. The van der Waals surface area contributed by atoms with Gasteiger partial charge in [0.25, 0.3) is 0 Å². The molecule has 1 fully saturated rings. The monoisotopic (exact) mass is 346 g/mol. The molecule has 0 aliphatic carbocycles. The molecule has 2 aromatic rings. The second-order valence-electron chi connectivity index (χ2n) is 6.21. The molecule has 0 bridgehead atoms. The number of hydrogen-bond donors (Lipinski definition) is 1. The van der Waals surface area contributed by atoms with Crippen molar-refractivity contribution < 1.29 is 8.78 Å². The Kier molecular flexibility index (Phi) is 5.41. The fourth-order valence-corrected chi connectivity index (χ4v) is 3.42. The van der Waals surface area contributed by atoms with Crippen LogP contribution in [0.4, 0.5) is 14.5 Å². The summed E-state index contributed by atoms with van der Waals surface area (Å²) in [5.41, 5.74) is 1.72. The number of anilines is 1. The Morgan fingerprint density at radius 2 is 1.67 bits per heavy atom. The van der Waals surface area contributed by atoms with Gasteiger partial charge in [-0.2, -0.15) is 0 Å². The van der Waals surface area contributed by atoms with Gasteiger partial charge in [0.15, 0.2) is 5.11 Å². The van der Waals surface area contributed by atoms with Crippen molar-refractivity contribution in [2.75, 3.05) is 18.4 Å². The van der Waals surface area contributed by atoms with Crippen LogP contribution in [-0.2, 0) is 6.42 Å². The van der Waals surface area contributed by atoms with Crippen LogP contribution in [0.25, 0.3) is 0 Å². The van der Waals surface area contributed by atoms with Crippen LogP contribution in [0.5, 0.6) is 0 Å². The van der Waals surface area contributed by atoms with Gasteiger partial charge in [0.2, 0.25) is 0 Å². The zero-order chi connectivity index (χ0) is 16.9. The van der Waals surface area contributed by atoms with Crippen LogP contribution < -0.4 is 5.32 Å². The van der Waals surface area contributed by atoms with Gasteiger partial charge in [-0.05, 0) is 55.1 Å². The Labute approximate surface area is 146 Å². The van der Waals surface area contributed by atoms with Crippen LogP contribution in [0.2, 0.25) is 0 Å². The Morgan fingerprint density at radius 1 is 1.04 bits per heavy atom. The fraction of sp³-hybridized carbons (Fsp3) is 0.316. The van der Waals surface area contributed by atoms with E-state index in [-0.39, 0.29) is 0 Å². The zero-order valence-corrected chi connectivity index (χ0v) is 14.2. The minimum absolute atomic E-state index is 0.351. The molecule has 0 saturated carbocycles. The lowest BCUT2D eigenvalue weighted by atomic mass is 9.90. The molecule has 2 nitrogen and oxygen atoms in total. The third-order valence-corrected chi connectivity index (χ3v) is 4.74. The first-order valence-corrected chi connectivity index (χ1v) is 8.57. The van der Waals surface area contributed by atoms with Crippen molar-refractivity contribution in [1.82, 2.24) is 4.90 Å². The number of piperidine rings is 1. The summed E-state index contributed by atoms with van der Waals surface area (Å²) < 4.78 is 26.5. The van der Waals surface area contributed by atoms with Crippen molar-refractivity contribution in [2.45, 2.75) is 19.3 Å². The Morgan fingerprint density at radius 3 is 2.29 bits per heavy atom. The molecule has 1 heterocycles. The molecular formula is C19H20F2N2S. The Hall–Kier alpha value is -2.01. The second-order valence-corrected chi connectivity index (χ2v) is 6.60. The molecule has 0 atom stereocenters. The SMILES string of the molecule is Fc1cc(F)cc(NC(=S)N2CCC(Cc3ccccc3)CC2)c1. The van der Waals surface area contributed by atoms with Gasteiger partial charge >= 0.3 is 0 Å². The number of nitrogens with one attached hydrogen (secondary N) is 1. The van der Waals surface area contributed by atoms with Crippen molar-refractivity contribution in [2.24, 2.45) is 5.92 Å². The van der Waals surface area contributed by atoms with Crippen molar-refractivity contribution in [1.29, 1.82) is 0 Å². The quantitative estimate of drug-likeness (QED) is 0.817. The number of hydrogen-bond acceptors (Lipinski definition) is 1. The van der Waals surface area contributed by atoms with Crippen LogP contribution in [-0.4, -0.2) is 23.1 Å². The molecular weight excluding hydrogens is 326 g/mol. The van der Waals surface area contributed by atoms with E-state index in [4.69, 9.17) is 12.2 Å². The first-order valence-electron chi connectivity index (χ1n) is 8.16. The first-order chi connectivity index (χ1) is 11.6. The molecule has 0 spiro atoms. The predicted molar refractivity (Wildman–Crippen MR) is 97.0 cm³/mol. The average Bonchev–Trinajstić information content (AvgIpc) is 2.55. The van der Waals surface area contributed by atoms with E-state index in [1.54, 1.807) is 0 Å². The normalized spacial score (nSPS) is 15.3. The Balaban J connectivity index is 1.51. The summed E-state index contributed by atoms with van der Waals surface area (Å²) in [6.07, 6.45) is 3.21. The summed E-state index contributed by atoms with van der Waals surface area (Å²) in [6.45, 7) is 1.72. The van der Waals surface area contributed by atoms with Gasteiger partial charge in [0.1, 0.15) is 11.6 Å². The molecule has 5 heteroatoms. The van der Waals surface area contributed by atoms with E-state index >= 15 is 0 Å². The maximum Gasteiger partial charge on any atom is 0.173 e. The lowest BCUT2D eigenvalue weighted by Crippen LogP contribution is -2.41. The maximum absolute atomic E-state index is 13.2. The highest BCUT2D eigenvalue weighted by molar-refractivity contribution is 7.80. The molecule has 1 N–H and O–H groups in total. The molecule has 3 rings (SSSR count). The van der Waals surface area contributed by atoms with Crippen LogP contribution >= 0.6 is 12.2 Å². The van der Waals surface area contributed by atoms with E-state index in [1.165, 1.54) is 17.7 Å². The van der Waals surface area contributed by atoms with Crippen molar-refractivity contribution in [3.05, 3.63) is 65.7 Å². The van der Waals surface area contributed by atoms with Crippen molar-refractivity contribution >= 4 is 23.0 Å². The molecule has 24 heavy (non-hydrogen) atoms. The first kappa shape index (κ1) is 16.8. The predicted octanol–water partition coefficient (Wildman–Crippen LogP) is 4.62. The lowest BCUT2D eigenvalue weighted by Gasteiger charge is -2.34.